The number of carboxylic acids is 1. The number of nitrogens with zero attached hydrogens (tertiary/aromatic N) is 1. The van der Waals surface area contributed by atoms with Gasteiger partial charge in [0.05, 0.1) is 11.3 Å². The van der Waals surface area contributed by atoms with Gasteiger partial charge in [-0.3, -0.25) is 9.59 Å². The van der Waals surface area contributed by atoms with E-state index < -0.39 is 11.9 Å². The first kappa shape index (κ1) is 18.2. The van der Waals surface area contributed by atoms with Crippen LogP contribution in [0.2, 0.25) is 0 Å². The zero-order valence-corrected chi connectivity index (χ0v) is 13.9. The first-order valence-corrected chi connectivity index (χ1v) is 7.85. The lowest BCUT2D eigenvalue weighted by Gasteiger charge is -2.19. The summed E-state index contributed by atoms with van der Waals surface area (Å²) in [6.45, 7) is 0.437. The van der Waals surface area contributed by atoms with E-state index >= 15 is 0 Å². The molecule has 25 heavy (non-hydrogen) atoms. The van der Waals surface area contributed by atoms with E-state index in [1.54, 1.807) is 36.2 Å². The topological polar surface area (TPSA) is 89.5 Å². The van der Waals surface area contributed by atoms with Crippen molar-refractivity contribution >= 4 is 23.5 Å². The van der Waals surface area contributed by atoms with E-state index in [1.165, 1.54) is 0 Å². The van der Waals surface area contributed by atoms with Gasteiger partial charge in [0.25, 0.3) is 5.91 Å². The Labute approximate surface area is 146 Å². The van der Waals surface area contributed by atoms with Crippen molar-refractivity contribution in [3.63, 3.8) is 0 Å². The van der Waals surface area contributed by atoms with Gasteiger partial charge in [0.1, 0.15) is 0 Å². The summed E-state index contributed by atoms with van der Waals surface area (Å²) in [4.78, 5) is 36.5. The van der Waals surface area contributed by atoms with Crippen LogP contribution in [0.1, 0.15) is 28.8 Å². The smallest absolute Gasteiger partial charge is 0.256 e. The van der Waals surface area contributed by atoms with Gasteiger partial charge >= 0.3 is 0 Å². The van der Waals surface area contributed by atoms with E-state index in [4.69, 9.17) is 0 Å². The van der Waals surface area contributed by atoms with Crippen LogP contribution in [0.3, 0.4) is 0 Å². The number of carbonyl (C=O) groups is 3. The third-order valence-electron chi connectivity index (χ3n) is 3.60. The maximum Gasteiger partial charge on any atom is 0.256 e. The second kappa shape index (κ2) is 8.63. The van der Waals surface area contributed by atoms with Crippen LogP contribution in [0.4, 0.5) is 5.69 Å². The van der Waals surface area contributed by atoms with Gasteiger partial charge in [-0.1, -0.05) is 42.5 Å². The van der Waals surface area contributed by atoms with Crippen LogP contribution in [0.25, 0.3) is 0 Å². The fraction of sp³-hybridized carbons (Fsp3) is 0.211. The number of amides is 2. The van der Waals surface area contributed by atoms with Crippen molar-refractivity contribution in [3.05, 3.63) is 65.7 Å². The molecule has 0 aromatic heterocycles. The van der Waals surface area contributed by atoms with Crippen LogP contribution in [0, 0.1) is 0 Å². The molecule has 0 atom stereocenters. The van der Waals surface area contributed by atoms with Crippen molar-refractivity contribution in [1.29, 1.82) is 0 Å². The summed E-state index contributed by atoms with van der Waals surface area (Å²) in [6.07, 6.45) is -0.569. The van der Waals surface area contributed by atoms with Crippen molar-refractivity contribution in [1.82, 2.24) is 4.90 Å². The van der Waals surface area contributed by atoms with Crippen LogP contribution in [-0.2, 0) is 16.1 Å². The second-order valence-electron chi connectivity index (χ2n) is 5.61. The van der Waals surface area contributed by atoms with Crippen LogP contribution >= 0.6 is 0 Å². The number of carboxylic acid groups (broad SMARTS) is 1. The number of para-hydroxylation sites is 1. The molecule has 0 spiro atoms. The van der Waals surface area contributed by atoms with Gasteiger partial charge < -0.3 is 20.1 Å². The molecule has 2 aromatic carbocycles. The molecule has 0 bridgehead atoms. The molecule has 6 heteroatoms. The summed E-state index contributed by atoms with van der Waals surface area (Å²) in [6, 6.07) is 16.2. The predicted molar refractivity (Wildman–Crippen MR) is 91.6 cm³/mol. The molecule has 0 radical (unpaired) electrons. The van der Waals surface area contributed by atoms with Crippen molar-refractivity contribution in [2.24, 2.45) is 0 Å². The van der Waals surface area contributed by atoms with Gasteiger partial charge in [-0.25, -0.2) is 0 Å². The van der Waals surface area contributed by atoms with Gasteiger partial charge in [0.15, 0.2) is 0 Å². The standard InChI is InChI=1S/C19H20N2O4/c1-21(13-14-7-3-2-4-8-14)19(25)15-9-5-6-10-16(15)20-17(22)11-12-18(23)24/h2-10H,11-13H2,1H3,(H,20,22)(H,23,24)/p-1. The number of benzene rings is 2. The molecular weight excluding hydrogens is 320 g/mol. The molecule has 0 saturated heterocycles. The van der Waals surface area contributed by atoms with Gasteiger partial charge in [-0.2, -0.15) is 0 Å². The Hall–Kier alpha value is -3.15. The molecule has 130 valence electrons. The number of rotatable bonds is 7. The van der Waals surface area contributed by atoms with Crippen molar-refractivity contribution in [2.45, 2.75) is 19.4 Å². The number of anilines is 1. The van der Waals surface area contributed by atoms with E-state index in [9.17, 15) is 19.5 Å². The van der Waals surface area contributed by atoms with Crippen molar-refractivity contribution in [2.75, 3.05) is 12.4 Å². The van der Waals surface area contributed by atoms with E-state index in [0.29, 0.717) is 17.8 Å². The van der Waals surface area contributed by atoms with Gasteiger partial charge in [-0.05, 0) is 24.1 Å². The molecule has 0 fully saturated rings. The highest BCUT2D eigenvalue weighted by Gasteiger charge is 2.17. The molecule has 0 aliphatic heterocycles. The second-order valence-corrected chi connectivity index (χ2v) is 5.61. The normalized spacial score (nSPS) is 10.1. The van der Waals surface area contributed by atoms with Crippen LogP contribution in [0.15, 0.2) is 54.6 Å². The number of nitrogens with one attached hydrogen (secondary N) is 1. The van der Waals surface area contributed by atoms with Crippen molar-refractivity contribution in [3.8, 4) is 0 Å². The van der Waals surface area contributed by atoms with Crippen molar-refractivity contribution < 1.29 is 19.5 Å². The number of hydrogen-bond acceptors (Lipinski definition) is 4. The van der Waals surface area contributed by atoms with Gasteiger partial charge in [0, 0.05) is 26.0 Å². The first-order chi connectivity index (χ1) is 12.0. The molecule has 2 amide bonds. The highest BCUT2D eigenvalue weighted by molar-refractivity contribution is 6.03. The lowest BCUT2D eigenvalue weighted by molar-refractivity contribution is -0.305. The Balaban J connectivity index is 2.09. The Morgan fingerprint density at radius 3 is 2.28 bits per heavy atom. The zero-order chi connectivity index (χ0) is 18.2. The first-order valence-electron chi connectivity index (χ1n) is 7.85. The quantitative estimate of drug-likeness (QED) is 0.826. The Morgan fingerprint density at radius 2 is 1.60 bits per heavy atom. The molecule has 0 aliphatic carbocycles. The molecular formula is C19H19N2O4-. The van der Waals surface area contributed by atoms with Crippen LogP contribution < -0.4 is 10.4 Å². The van der Waals surface area contributed by atoms with Gasteiger partial charge in [-0.15, -0.1) is 0 Å². The highest BCUT2D eigenvalue weighted by atomic mass is 16.4. The lowest BCUT2D eigenvalue weighted by atomic mass is 10.1. The summed E-state index contributed by atoms with van der Waals surface area (Å²) in [5.74, 6) is -2.00. The zero-order valence-electron chi connectivity index (χ0n) is 13.9. The summed E-state index contributed by atoms with van der Waals surface area (Å²) < 4.78 is 0. The molecule has 0 aliphatic rings. The molecule has 2 aromatic rings. The molecule has 0 unspecified atom stereocenters. The maximum atomic E-state index is 12.7. The van der Waals surface area contributed by atoms with E-state index in [0.717, 1.165) is 5.56 Å². The number of hydrogen-bond donors (Lipinski definition) is 1. The van der Waals surface area contributed by atoms with Gasteiger partial charge in [0.2, 0.25) is 5.91 Å². The van der Waals surface area contributed by atoms with Crippen LogP contribution in [0.5, 0.6) is 0 Å². The molecule has 0 saturated carbocycles. The fourth-order valence-electron chi connectivity index (χ4n) is 2.34. The molecule has 0 heterocycles. The third-order valence-corrected chi connectivity index (χ3v) is 3.60. The minimum absolute atomic E-state index is 0.204. The number of aliphatic carboxylic acids is 1. The summed E-state index contributed by atoms with van der Waals surface area (Å²) in [7, 11) is 1.68. The highest BCUT2D eigenvalue weighted by Crippen LogP contribution is 2.18. The SMILES string of the molecule is CN(Cc1ccccc1)C(=O)c1ccccc1NC(=O)CCC(=O)[O-]. The largest absolute Gasteiger partial charge is 0.550 e. The minimum Gasteiger partial charge on any atom is -0.550 e. The Bertz CT molecular complexity index is 759. The summed E-state index contributed by atoms with van der Waals surface area (Å²) in [5, 5.41) is 13.0. The monoisotopic (exact) mass is 339 g/mol. The van der Waals surface area contributed by atoms with E-state index in [1.807, 2.05) is 30.3 Å². The predicted octanol–water partition coefficient (Wildman–Crippen LogP) is 1.43. The lowest BCUT2D eigenvalue weighted by Crippen LogP contribution is -2.28. The molecule has 6 nitrogen and oxygen atoms in total. The van der Waals surface area contributed by atoms with Crippen LogP contribution in [-0.4, -0.2) is 29.7 Å². The average Bonchev–Trinajstić information content (AvgIpc) is 2.60. The third kappa shape index (κ3) is 5.46. The van der Waals surface area contributed by atoms with E-state index in [-0.39, 0.29) is 18.7 Å². The molecule has 1 N–H and O–H groups in total. The minimum atomic E-state index is -1.29. The molecule has 2 rings (SSSR count). The maximum absolute atomic E-state index is 12.7. The average molecular weight is 339 g/mol. The summed E-state index contributed by atoms with van der Waals surface area (Å²) in [5.41, 5.74) is 1.70. The Morgan fingerprint density at radius 1 is 0.960 bits per heavy atom. The summed E-state index contributed by atoms with van der Waals surface area (Å²) >= 11 is 0. The van der Waals surface area contributed by atoms with E-state index in [2.05, 4.69) is 5.32 Å². The number of carbonyl (C=O) groups excluding carboxylic acids is 3. The fourth-order valence-corrected chi connectivity index (χ4v) is 2.34. The Kier molecular flexibility index (Phi) is 6.28.